The molecule has 8 heteroatoms. The molecule has 2 rings (SSSR count). The van der Waals surface area contributed by atoms with Gasteiger partial charge in [0, 0.05) is 0 Å². The molecule has 0 unspecified atom stereocenters. The maximum atomic E-state index is 11.8. The summed E-state index contributed by atoms with van der Waals surface area (Å²) < 4.78 is 11.9. The number of carbonyl (C=O) groups excluding carboxylic acids is 3. The van der Waals surface area contributed by atoms with Crippen LogP contribution in [0.15, 0.2) is 17.7 Å². The predicted molar refractivity (Wildman–Crippen MR) is 91.2 cm³/mol. The lowest BCUT2D eigenvalue weighted by Crippen LogP contribution is -2.51. The first kappa shape index (κ1) is 17.3. The Kier molecular flexibility index (Phi) is 5.59. The SMILES string of the molecule is CCOc1cc(C=C2C(=O)NC(=O)NC2=O)cc(I)c1OCC. The molecule has 1 saturated heterocycles. The van der Waals surface area contributed by atoms with Gasteiger partial charge in [0.05, 0.1) is 16.8 Å². The molecule has 1 fully saturated rings. The third kappa shape index (κ3) is 4.01. The second-order valence-electron chi connectivity index (χ2n) is 4.49. The van der Waals surface area contributed by atoms with E-state index >= 15 is 0 Å². The van der Waals surface area contributed by atoms with Gasteiger partial charge in [0.1, 0.15) is 5.57 Å². The van der Waals surface area contributed by atoms with Crippen molar-refractivity contribution in [3.05, 3.63) is 26.8 Å². The van der Waals surface area contributed by atoms with Crippen LogP contribution in [-0.2, 0) is 9.59 Å². The second-order valence-corrected chi connectivity index (χ2v) is 5.65. The molecule has 7 nitrogen and oxygen atoms in total. The van der Waals surface area contributed by atoms with E-state index in [0.717, 1.165) is 3.57 Å². The summed E-state index contributed by atoms with van der Waals surface area (Å²) >= 11 is 2.09. The summed E-state index contributed by atoms with van der Waals surface area (Å²) in [5.74, 6) is -0.327. The average Bonchev–Trinajstić information content (AvgIpc) is 2.47. The van der Waals surface area contributed by atoms with Gasteiger partial charge in [0.2, 0.25) is 0 Å². The van der Waals surface area contributed by atoms with E-state index in [-0.39, 0.29) is 5.57 Å². The molecule has 1 aromatic carbocycles. The molecule has 4 amide bonds. The standard InChI is InChI=1S/C15H15IN2O5/c1-3-22-11-7-8(6-10(16)12(11)23-4-2)5-9-13(19)17-15(21)18-14(9)20/h5-7H,3-4H2,1-2H3,(H2,17,18,19,20,21). The molecule has 1 aliphatic heterocycles. The molecule has 23 heavy (non-hydrogen) atoms. The van der Waals surface area contributed by atoms with Crippen molar-refractivity contribution in [3.63, 3.8) is 0 Å². The number of urea groups is 1. The maximum absolute atomic E-state index is 11.8. The lowest BCUT2D eigenvalue weighted by atomic mass is 10.1. The Bertz CT molecular complexity index is 677. The Labute approximate surface area is 146 Å². The van der Waals surface area contributed by atoms with E-state index < -0.39 is 17.8 Å². The third-order valence-corrected chi connectivity index (χ3v) is 3.68. The first-order valence-electron chi connectivity index (χ1n) is 6.93. The quantitative estimate of drug-likeness (QED) is 0.423. The van der Waals surface area contributed by atoms with E-state index in [1.54, 1.807) is 12.1 Å². The highest BCUT2D eigenvalue weighted by Gasteiger charge is 2.27. The summed E-state index contributed by atoms with van der Waals surface area (Å²) in [6.45, 7) is 4.66. The molecule has 0 spiro atoms. The normalized spacial score (nSPS) is 14.2. The predicted octanol–water partition coefficient (Wildman–Crippen LogP) is 1.84. The summed E-state index contributed by atoms with van der Waals surface area (Å²) in [7, 11) is 0. The number of rotatable bonds is 5. The van der Waals surface area contributed by atoms with Crippen molar-refractivity contribution in [1.29, 1.82) is 0 Å². The first-order valence-corrected chi connectivity index (χ1v) is 8.01. The van der Waals surface area contributed by atoms with E-state index in [9.17, 15) is 14.4 Å². The molecule has 0 aromatic heterocycles. The Balaban J connectivity index is 2.43. The van der Waals surface area contributed by atoms with Gasteiger partial charge in [-0.3, -0.25) is 20.2 Å². The number of benzene rings is 1. The lowest BCUT2D eigenvalue weighted by Gasteiger charge is -2.16. The Morgan fingerprint density at radius 1 is 1.04 bits per heavy atom. The van der Waals surface area contributed by atoms with E-state index in [1.807, 2.05) is 24.5 Å². The molecule has 1 aromatic rings. The first-order chi connectivity index (χ1) is 11.0. The summed E-state index contributed by atoms with van der Waals surface area (Å²) in [6.07, 6.45) is 1.40. The van der Waals surface area contributed by atoms with Crippen LogP contribution in [0, 0.1) is 3.57 Å². The summed E-state index contributed by atoms with van der Waals surface area (Å²) in [5.41, 5.74) is 0.447. The molecule has 0 atom stereocenters. The highest BCUT2D eigenvalue weighted by molar-refractivity contribution is 14.1. The van der Waals surface area contributed by atoms with E-state index in [4.69, 9.17) is 9.47 Å². The molecule has 0 radical (unpaired) electrons. The summed E-state index contributed by atoms with van der Waals surface area (Å²) in [6, 6.07) is 2.62. The zero-order valence-electron chi connectivity index (χ0n) is 12.6. The molecule has 0 aliphatic carbocycles. The zero-order valence-corrected chi connectivity index (χ0v) is 14.7. The lowest BCUT2D eigenvalue weighted by molar-refractivity contribution is -0.123. The topological polar surface area (TPSA) is 93.7 Å². The third-order valence-electron chi connectivity index (χ3n) is 2.87. The number of halogens is 1. The van der Waals surface area contributed by atoms with Gasteiger partial charge in [-0.05, 0) is 60.2 Å². The number of carbonyl (C=O) groups is 3. The van der Waals surface area contributed by atoms with Crippen molar-refractivity contribution in [1.82, 2.24) is 10.6 Å². The van der Waals surface area contributed by atoms with Gasteiger partial charge >= 0.3 is 6.03 Å². The number of hydrogen-bond donors (Lipinski definition) is 2. The van der Waals surface area contributed by atoms with Gasteiger partial charge in [0.25, 0.3) is 11.8 Å². The monoisotopic (exact) mass is 430 g/mol. The molecular formula is C15H15IN2O5. The van der Waals surface area contributed by atoms with Gasteiger partial charge in [-0.1, -0.05) is 0 Å². The van der Waals surface area contributed by atoms with E-state index in [1.165, 1.54) is 6.08 Å². The van der Waals surface area contributed by atoms with Crippen molar-refractivity contribution in [2.75, 3.05) is 13.2 Å². The van der Waals surface area contributed by atoms with E-state index in [0.29, 0.717) is 30.3 Å². The Morgan fingerprint density at radius 2 is 1.65 bits per heavy atom. The largest absolute Gasteiger partial charge is 0.490 e. The molecule has 0 bridgehead atoms. The fraction of sp³-hybridized carbons (Fsp3) is 0.267. The molecular weight excluding hydrogens is 415 g/mol. The fourth-order valence-corrected chi connectivity index (χ4v) is 2.77. The minimum Gasteiger partial charge on any atom is -0.490 e. The van der Waals surface area contributed by atoms with Crippen LogP contribution in [0.1, 0.15) is 19.4 Å². The van der Waals surface area contributed by atoms with Crippen molar-refractivity contribution in [2.24, 2.45) is 0 Å². The minimum atomic E-state index is -0.826. The van der Waals surface area contributed by atoms with Gasteiger partial charge in [-0.25, -0.2) is 4.79 Å². The summed E-state index contributed by atoms with van der Waals surface area (Å²) in [5, 5.41) is 4.06. The van der Waals surface area contributed by atoms with Gasteiger partial charge < -0.3 is 9.47 Å². The Morgan fingerprint density at radius 3 is 2.22 bits per heavy atom. The average molecular weight is 430 g/mol. The van der Waals surface area contributed by atoms with Crippen LogP contribution < -0.4 is 20.1 Å². The minimum absolute atomic E-state index is 0.146. The van der Waals surface area contributed by atoms with Gasteiger partial charge in [-0.2, -0.15) is 0 Å². The highest BCUT2D eigenvalue weighted by atomic mass is 127. The Hall–Kier alpha value is -2.10. The molecule has 122 valence electrons. The number of imide groups is 2. The smallest absolute Gasteiger partial charge is 0.328 e. The maximum Gasteiger partial charge on any atom is 0.328 e. The molecule has 1 aliphatic rings. The van der Waals surface area contributed by atoms with Crippen LogP contribution in [-0.4, -0.2) is 31.1 Å². The number of amides is 4. The number of hydrogen-bond acceptors (Lipinski definition) is 5. The van der Waals surface area contributed by atoms with Crippen LogP contribution in [0.5, 0.6) is 11.5 Å². The second kappa shape index (κ2) is 7.44. The number of nitrogens with one attached hydrogen (secondary N) is 2. The zero-order chi connectivity index (χ0) is 17.0. The van der Waals surface area contributed by atoms with Crippen molar-refractivity contribution in [3.8, 4) is 11.5 Å². The van der Waals surface area contributed by atoms with Crippen molar-refractivity contribution < 1.29 is 23.9 Å². The highest BCUT2D eigenvalue weighted by Crippen LogP contribution is 2.35. The summed E-state index contributed by atoms with van der Waals surface area (Å²) in [4.78, 5) is 34.6. The van der Waals surface area contributed by atoms with Crippen LogP contribution in [0.2, 0.25) is 0 Å². The number of barbiturate groups is 1. The molecule has 2 N–H and O–H groups in total. The van der Waals surface area contributed by atoms with E-state index in [2.05, 4.69) is 22.6 Å². The van der Waals surface area contributed by atoms with Crippen LogP contribution in [0.25, 0.3) is 6.08 Å². The van der Waals surface area contributed by atoms with Crippen LogP contribution in [0.3, 0.4) is 0 Å². The van der Waals surface area contributed by atoms with Crippen LogP contribution >= 0.6 is 22.6 Å². The van der Waals surface area contributed by atoms with Gasteiger partial charge in [-0.15, -0.1) is 0 Å². The van der Waals surface area contributed by atoms with Gasteiger partial charge in [0.15, 0.2) is 11.5 Å². The fourth-order valence-electron chi connectivity index (χ4n) is 1.99. The van der Waals surface area contributed by atoms with Crippen LogP contribution in [0.4, 0.5) is 4.79 Å². The number of ether oxygens (including phenoxy) is 2. The van der Waals surface area contributed by atoms with Crippen molar-refractivity contribution in [2.45, 2.75) is 13.8 Å². The molecule has 0 saturated carbocycles. The van der Waals surface area contributed by atoms with Crippen molar-refractivity contribution >= 4 is 46.5 Å². The molecule has 1 heterocycles.